The van der Waals surface area contributed by atoms with Crippen molar-refractivity contribution in [2.45, 2.75) is 6.61 Å². The SMILES string of the molecule is O=c1[nH]c(COc2ccc(F)c(Br)c2)nc2ccsc12. The van der Waals surface area contributed by atoms with E-state index >= 15 is 0 Å². The molecule has 0 aliphatic carbocycles. The van der Waals surface area contributed by atoms with Gasteiger partial charge in [0.25, 0.3) is 5.56 Å². The molecule has 0 aliphatic rings. The maximum Gasteiger partial charge on any atom is 0.268 e. The average molecular weight is 355 g/mol. The molecule has 0 unspecified atom stereocenters. The summed E-state index contributed by atoms with van der Waals surface area (Å²) in [6, 6.07) is 6.13. The van der Waals surface area contributed by atoms with Crippen LogP contribution in [-0.4, -0.2) is 9.97 Å². The summed E-state index contributed by atoms with van der Waals surface area (Å²) in [7, 11) is 0. The van der Waals surface area contributed by atoms with Crippen LogP contribution in [0.25, 0.3) is 10.2 Å². The predicted octanol–water partition coefficient (Wildman–Crippen LogP) is 3.47. The summed E-state index contributed by atoms with van der Waals surface area (Å²) in [4.78, 5) is 18.7. The van der Waals surface area contributed by atoms with Gasteiger partial charge in [-0.2, -0.15) is 0 Å². The van der Waals surface area contributed by atoms with E-state index in [4.69, 9.17) is 4.74 Å². The van der Waals surface area contributed by atoms with Crippen LogP contribution in [0.4, 0.5) is 4.39 Å². The van der Waals surface area contributed by atoms with Crippen LogP contribution >= 0.6 is 27.3 Å². The van der Waals surface area contributed by atoms with E-state index in [1.807, 2.05) is 5.38 Å². The van der Waals surface area contributed by atoms with Gasteiger partial charge in [0.05, 0.1) is 9.99 Å². The number of benzene rings is 1. The Morgan fingerprint density at radius 1 is 1.40 bits per heavy atom. The molecule has 7 heteroatoms. The fourth-order valence-corrected chi connectivity index (χ4v) is 2.79. The smallest absolute Gasteiger partial charge is 0.268 e. The second-order valence-electron chi connectivity index (χ2n) is 4.01. The minimum atomic E-state index is -0.358. The van der Waals surface area contributed by atoms with Crippen LogP contribution in [0.15, 0.2) is 38.9 Å². The molecule has 0 saturated carbocycles. The Hall–Kier alpha value is -1.73. The first-order chi connectivity index (χ1) is 9.63. The van der Waals surface area contributed by atoms with E-state index in [-0.39, 0.29) is 18.0 Å². The van der Waals surface area contributed by atoms with Gasteiger partial charge in [0, 0.05) is 0 Å². The second kappa shape index (κ2) is 5.34. The number of thiophene rings is 1. The Kier molecular flexibility index (Phi) is 3.54. The highest BCUT2D eigenvalue weighted by Crippen LogP contribution is 2.22. The maximum atomic E-state index is 13.1. The molecular formula is C13H8BrFN2O2S. The maximum absolute atomic E-state index is 13.1. The van der Waals surface area contributed by atoms with E-state index < -0.39 is 0 Å². The number of aromatic amines is 1. The van der Waals surface area contributed by atoms with Crippen molar-refractivity contribution >= 4 is 37.5 Å². The largest absolute Gasteiger partial charge is 0.486 e. The van der Waals surface area contributed by atoms with Gasteiger partial charge >= 0.3 is 0 Å². The van der Waals surface area contributed by atoms with Gasteiger partial charge in [-0.25, -0.2) is 9.37 Å². The molecule has 2 heterocycles. The molecule has 0 atom stereocenters. The number of nitrogens with one attached hydrogen (secondary N) is 1. The molecule has 1 N–H and O–H groups in total. The van der Waals surface area contributed by atoms with Gasteiger partial charge in [-0.3, -0.25) is 4.79 Å². The van der Waals surface area contributed by atoms with Crippen LogP contribution in [0.5, 0.6) is 5.75 Å². The predicted molar refractivity (Wildman–Crippen MR) is 78.7 cm³/mol. The molecule has 1 aromatic carbocycles. The zero-order valence-corrected chi connectivity index (χ0v) is 12.4. The molecule has 2 aromatic heterocycles. The Morgan fingerprint density at radius 2 is 2.25 bits per heavy atom. The third-order valence-corrected chi connectivity index (χ3v) is 4.14. The van der Waals surface area contributed by atoms with Crippen LogP contribution in [0.1, 0.15) is 5.82 Å². The second-order valence-corrected chi connectivity index (χ2v) is 5.78. The standard InChI is InChI=1S/C13H8BrFN2O2S/c14-8-5-7(1-2-9(8)15)19-6-11-16-10-3-4-20-12(10)13(18)17-11/h1-5H,6H2,(H,16,17,18). The van der Waals surface area contributed by atoms with Gasteiger partial charge in [0.15, 0.2) is 0 Å². The molecule has 4 nitrogen and oxygen atoms in total. The molecule has 3 rings (SSSR count). The van der Waals surface area contributed by atoms with E-state index in [1.54, 1.807) is 6.07 Å². The van der Waals surface area contributed by atoms with Gasteiger partial charge in [-0.05, 0) is 45.6 Å². The number of nitrogens with zero attached hydrogens (tertiary/aromatic N) is 1. The fraction of sp³-hybridized carbons (Fsp3) is 0.0769. The molecular weight excluding hydrogens is 347 g/mol. The topological polar surface area (TPSA) is 55.0 Å². The summed E-state index contributed by atoms with van der Waals surface area (Å²) in [6.45, 7) is 0.110. The summed E-state index contributed by atoms with van der Waals surface area (Å²) >= 11 is 4.43. The lowest BCUT2D eigenvalue weighted by atomic mass is 10.3. The van der Waals surface area contributed by atoms with Crippen LogP contribution in [-0.2, 0) is 6.61 Å². The van der Waals surface area contributed by atoms with Gasteiger partial charge in [-0.15, -0.1) is 11.3 Å². The number of fused-ring (bicyclic) bond motifs is 1. The lowest BCUT2D eigenvalue weighted by molar-refractivity contribution is 0.295. The monoisotopic (exact) mass is 354 g/mol. The number of hydrogen-bond donors (Lipinski definition) is 1. The summed E-state index contributed by atoms with van der Waals surface area (Å²) in [5.41, 5.74) is 0.474. The van der Waals surface area contributed by atoms with Crippen molar-refractivity contribution in [3.05, 3.63) is 56.1 Å². The van der Waals surface area contributed by atoms with Gasteiger partial charge < -0.3 is 9.72 Å². The molecule has 0 saturated heterocycles. The van der Waals surface area contributed by atoms with Crippen molar-refractivity contribution in [3.8, 4) is 5.75 Å². The molecule has 0 radical (unpaired) electrons. The minimum absolute atomic E-state index is 0.110. The molecule has 0 fully saturated rings. The number of hydrogen-bond acceptors (Lipinski definition) is 4. The Labute approximate surface area is 125 Å². The van der Waals surface area contributed by atoms with Crippen molar-refractivity contribution < 1.29 is 9.13 Å². The van der Waals surface area contributed by atoms with Crippen molar-refractivity contribution in [1.82, 2.24) is 9.97 Å². The fourth-order valence-electron chi connectivity index (χ4n) is 1.71. The van der Waals surface area contributed by atoms with E-state index in [1.165, 1.54) is 29.5 Å². The summed E-state index contributed by atoms with van der Waals surface area (Å²) in [6.07, 6.45) is 0. The first-order valence-corrected chi connectivity index (χ1v) is 7.35. The average Bonchev–Trinajstić information content (AvgIpc) is 2.89. The van der Waals surface area contributed by atoms with Crippen molar-refractivity contribution in [2.75, 3.05) is 0 Å². The Balaban J connectivity index is 1.82. The molecule has 3 aromatic rings. The highest BCUT2D eigenvalue weighted by molar-refractivity contribution is 9.10. The third-order valence-electron chi connectivity index (χ3n) is 2.63. The number of halogens is 2. The number of aromatic nitrogens is 2. The lowest BCUT2D eigenvalue weighted by Crippen LogP contribution is -2.12. The summed E-state index contributed by atoms with van der Waals surface area (Å²) < 4.78 is 19.5. The Morgan fingerprint density at radius 3 is 3.05 bits per heavy atom. The van der Waals surface area contributed by atoms with E-state index in [0.29, 0.717) is 26.3 Å². The van der Waals surface area contributed by atoms with Crippen LogP contribution in [0, 0.1) is 5.82 Å². The molecule has 102 valence electrons. The van der Waals surface area contributed by atoms with Crippen molar-refractivity contribution in [1.29, 1.82) is 0 Å². The van der Waals surface area contributed by atoms with E-state index in [2.05, 4.69) is 25.9 Å². The molecule has 0 aliphatic heterocycles. The van der Waals surface area contributed by atoms with Gasteiger partial charge in [-0.1, -0.05) is 0 Å². The number of ether oxygens (including phenoxy) is 1. The van der Waals surface area contributed by atoms with Crippen LogP contribution in [0.3, 0.4) is 0 Å². The highest BCUT2D eigenvalue weighted by atomic mass is 79.9. The lowest BCUT2D eigenvalue weighted by Gasteiger charge is -2.06. The van der Waals surface area contributed by atoms with Crippen LogP contribution < -0.4 is 10.3 Å². The highest BCUT2D eigenvalue weighted by Gasteiger charge is 2.06. The zero-order chi connectivity index (χ0) is 14.1. The quantitative estimate of drug-likeness (QED) is 0.783. The van der Waals surface area contributed by atoms with Gasteiger partial charge in [0.1, 0.15) is 28.7 Å². The Bertz CT molecular complexity index is 831. The molecule has 0 amide bonds. The zero-order valence-electron chi connectivity index (χ0n) is 10.0. The molecule has 0 bridgehead atoms. The van der Waals surface area contributed by atoms with Crippen molar-refractivity contribution in [3.63, 3.8) is 0 Å². The minimum Gasteiger partial charge on any atom is -0.486 e. The van der Waals surface area contributed by atoms with E-state index in [9.17, 15) is 9.18 Å². The first kappa shape index (κ1) is 13.3. The first-order valence-electron chi connectivity index (χ1n) is 5.68. The van der Waals surface area contributed by atoms with Crippen molar-refractivity contribution in [2.24, 2.45) is 0 Å². The van der Waals surface area contributed by atoms with E-state index in [0.717, 1.165) is 0 Å². The number of H-pyrrole nitrogens is 1. The molecule has 0 spiro atoms. The molecule has 20 heavy (non-hydrogen) atoms. The number of rotatable bonds is 3. The van der Waals surface area contributed by atoms with Gasteiger partial charge in [0.2, 0.25) is 0 Å². The summed E-state index contributed by atoms with van der Waals surface area (Å²) in [5, 5.41) is 1.81. The normalized spacial score (nSPS) is 10.9. The third kappa shape index (κ3) is 2.59. The van der Waals surface area contributed by atoms with Crippen LogP contribution in [0.2, 0.25) is 0 Å². The summed E-state index contributed by atoms with van der Waals surface area (Å²) in [5.74, 6) is 0.566.